The first-order chi connectivity index (χ1) is 11.7. The highest BCUT2D eigenvalue weighted by Gasteiger charge is 2.26. The maximum absolute atomic E-state index is 5.94. The molecule has 1 aromatic heterocycles. The molecule has 4 heteroatoms. The first-order valence-electron chi connectivity index (χ1n) is 8.20. The van der Waals surface area contributed by atoms with E-state index in [1.54, 1.807) is 0 Å². The molecule has 2 aromatic carbocycles. The zero-order valence-electron chi connectivity index (χ0n) is 13.6. The summed E-state index contributed by atoms with van der Waals surface area (Å²) in [5, 5.41) is 4.92. The van der Waals surface area contributed by atoms with Gasteiger partial charge in [0, 0.05) is 22.7 Å². The maximum atomic E-state index is 5.94. The third-order valence-corrected chi connectivity index (χ3v) is 4.99. The molecule has 0 unspecified atom stereocenters. The van der Waals surface area contributed by atoms with Crippen molar-refractivity contribution >= 4 is 11.6 Å². The van der Waals surface area contributed by atoms with Crippen LogP contribution >= 0.6 is 11.6 Å². The number of nitrogens with zero attached hydrogens (tertiary/aromatic N) is 2. The summed E-state index contributed by atoms with van der Waals surface area (Å²) in [6, 6.07) is 18.8. The molecule has 1 aliphatic carbocycles. The lowest BCUT2D eigenvalue weighted by atomic mass is 10.1. The van der Waals surface area contributed by atoms with Crippen molar-refractivity contribution in [2.75, 3.05) is 7.05 Å². The summed E-state index contributed by atoms with van der Waals surface area (Å²) in [7, 11) is 2.15. The van der Waals surface area contributed by atoms with E-state index in [1.165, 1.54) is 11.1 Å². The van der Waals surface area contributed by atoms with E-state index in [2.05, 4.69) is 41.4 Å². The SMILES string of the molecule is CN(Cc1cc(-c2ccc(Cl)cc2)no1)[C@@H]1CCc2ccccc21. The van der Waals surface area contributed by atoms with E-state index in [0.717, 1.165) is 41.4 Å². The lowest BCUT2D eigenvalue weighted by molar-refractivity contribution is 0.208. The third kappa shape index (κ3) is 2.97. The van der Waals surface area contributed by atoms with Crippen LogP contribution in [0.25, 0.3) is 11.3 Å². The normalized spacial score (nSPS) is 16.5. The van der Waals surface area contributed by atoms with Gasteiger partial charge < -0.3 is 4.52 Å². The quantitative estimate of drug-likeness (QED) is 0.661. The maximum Gasteiger partial charge on any atom is 0.151 e. The van der Waals surface area contributed by atoms with Crippen molar-refractivity contribution in [2.45, 2.75) is 25.4 Å². The third-order valence-electron chi connectivity index (χ3n) is 4.74. The topological polar surface area (TPSA) is 29.3 Å². The Labute approximate surface area is 146 Å². The summed E-state index contributed by atoms with van der Waals surface area (Å²) >= 11 is 5.94. The Bertz CT molecular complexity index is 841. The van der Waals surface area contributed by atoms with Crippen molar-refractivity contribution in [1.29, 1.82) is 0 Å². The van der Waals surface area contributed by atoms with E-state index in [0.29, 0.717) is 6.04 Å². The number of halogens is 1. The number of aryl methyl sites for hydroxylation is 1. The fraction of sp³-hybridized carbons (Fsp3) is 0.250. The number of hydrogen-bond acceptors (Lipinski definition) is 3. The van der Waals surface area contributed by atoms with Gasteiger partial charge in [0.2, 0.25) is 0 Å². The van der Waals surface area contributed by atoms with Gasteiger partial charge in [-0.3, -0.25) is 4.90 Å². The number of rotatable bonds is 4. The molecule has 0 radical (unpaired) electrons. The standard InChI is InChI=1S/C20H19ClN2O/c1-23(20-11-8-14-4-2-3-5-18(14)20)13-17-12-19(22-24-17)15-6-9-16(21)10-7-15/h2-7,9-10,12,20H,8,11,13H2,1H3/t20-/m1/s1. The Morgan fingerprint density at radius 2 is 1.96 bits per heavy atom. The minimum atomic E-state index is 0.449. The number of hydrogen-bond donors (Lipinski definition) is 0. The van der Waals surface area contributed by atoms with Crippen molar-refractivity contribution in [3.05, 3.63) is 76.5 Å². The zero-order chi connectivity index (χ0) is 16.5. The summed E-state index contributed by atoms with van der Waals surface area (Å²) < 4.78 is 5.54. The molecule has 0 fully saturated rings. The van der Waals surface area contributed by atoms with Gasteiger partial charge in [0.25, 0.3) is 0 Å². The fourth-order valence-corrected chi connectivity index (χ4v) is 3.62. The first kappa shape index (κ1) is 15.4. The second-order valence-electron chi connectivity index (χ2n) is 6.35. The van der Waals surface area contributed by atoms with E-state index < -0.39 is 0 Å². The lowest BCUT2D eigenvalue weighted by Crippen LogP contribution is -2.22. The van der Waals surface area contributed by atoms with Crippen molar-refractivity contribution in [1.82, 2.24) is 10.1 Å². The van der Waals surface area contributed by atoms with Gasteiger partial charge in [-0.2, -0.15) is 0 Å². The van der Waals surface area contributed by atoms with Crippen LogP contribution in [0.4, 0.5) is 0 Å². The van der Waals surface area contributed by atoms with Crippen LogP contribution in [-0.2, 0) is 13.0 Å². The van der Waals surface area contributed by atoms with E-state index in [9.17, 15) is 0 Å². The Balaban J connectivity index is 1.49. The number of benzene rings is 2. The molecule has 1 aliphatic rings. The zero-order valence-corrected chi connectivity index (χ0v) is 14.3. The molecule has 0 bridgehead atoms. The average Bonchev–Trinajstić information content (AvgIpc) is 3.22. The lowest BCUT2D eigenvalue weighted by Gasteiger charge is -2.23. The monoisotopic (exact) mass is 338 g/mol. The average molecular weight is 339 g/mol. The number of aromatic nitrogens is 1. The first-order valence-corrected chi connectivity index (χ1v) is 8.58. The summed E-state index contributed by atoms with van der Waals surface area (Å²) in [5.74, 6) is 0.881. The van der Waals surface area contributed by atoms with Gasteiger partial charge in [-0.25, -0.2) is 0 Å². The van der Waals surface area contributed by atoms with Crippen LogP contribution in [0.1, 0.15) is 29.3 Å². The highest BCUT2D eigenvalue weighted by molar-refractivity contribution is 6.30. The molecule has 0 spiro atoms. The smallest absolute Gasteiger partial charge is 0.151 e. The molecule has 0 amide bonds. The molecule has 1 heterocycles. The van der Waals surface area contributed by atoms with E-state index in [1.807, 2.05) is 30.3 Å². The molecule has 0 aliphatic heterocycles. The van der Waals surface area contributed by atoms with Crippen LogP contribution in [0.15, 0.2) is 59.1 Å². The van der Waals surface area contributed by atoms with Crippen LogP contribution in [0.5, 0.6) is 0 Å². The predicted molar refractivity (Wildman–Crippen MR) is 95.9 cm³/mol. The van der Waals surface area contributed by atoms with Gasteiger partial charge in [0.15, 0.2) is 5.76 Å². The highest BCUT2D eigenvalue weighted by Crippen LogP contribution is 2.35. The van der Waals surface area contributed by atoms with E-state index >= 15 is 0 Å². The Kier molecular flexibility index (Phi) is 4.13. The van der Waals surface area contributed by atoms with Crippen LogP contribution in [0.3, 0.4) is 0 Å². The summed E-state index contributed by atoms with van der Waals surface area (Å²) in [4.78, 5) is 2.35. The van der Waals surface area contributed by atoms with Gasteiger partial charge >= 0.3 is 0 Å². The van der Waals surface area contributed by atoms with Crippen LogP contribution in [0.2, 0.25) is 5.02 Å². The molecule has 1 atom stereocenters. The predicted octanol–water partition coefficient (Wildman–Crippen LogP) is 5.11. The Hall–Kier alpha value is -2.10. The molecule has 122 valence electrons. The van der Waals surface area contributed by atoms with Crippen LogP contribution in [0, 0.1) is 0 Å². The van der Waals surface area contributed by atoms with E-state index in [-0.39, 0.29) is 0 Å². The van der Waals surface area contributed by atoms with Crippen molar-refractivity contribution < 1.29 is 4.52 Å². The molecule has 4 rings (SSSR count). The van der Waals surface area contributed by atoms with Gasteiger partial charge in [-0.1, -0.05) is 53.2 Å². The summed E-state index contributed by atoms with van der Waals surface area (Å²) in [6.45, 7) is 0.750. The fourth-order valence-electron chi connectivity index (χ4n) is 3.49. The van der Waals surface area contributed by atoms with E-state index in [4.69, 9.17) is 16.1 Å². The molecule has 0 N–H and O–H groups in total. The second kappa shape index (κ2) is 6.42. The Morgan fingerprint density at radius 3 is 2.79 bits per heavy atom. The van der Waals surface area contributed by atoms with Crippen LogP contribution < -0.4 is 0 Å². The van der Waals surface area contributed by atoms with Crippen LogP contribution in [-0.4, -0.2) is 17.1 Å². The van der Waals surface area contributed by atoms with Gasteiger partial charge in [-0.05, 0) is 43.1 Å². The molecule has 24 heavy (non-hydrogen) atoms. The molecule has 0 saturated heterocycles. The summed E-state index contributed by atoms with van der Waals surface area (Å²) in [5.41, 5.74) is 4.77. The van der Waals surface area contributed by atoms with Gasteiger partial charge in [0.1, 0.15) is 5.69 Å². The molecular formula is C20H19ClN2O. The summed E-state index contributed by atoms with van der Waals surface area (Å²) in [6.07, 6.45) is 2.31. The van der Waals surface area contributed by atoms with Crippen molar-refractivity contribution in [3.8, 4) is 11.3 Å². The van der Waals surface area contributed by atoms with Crippen molar-refractivity contribution in [3.63, 3.8) is 0 Å². The molecule has 0 saturated carbocycles. The second-order valence-corrected chi connectivity index (χ2v) is 6.79. The number of fused-ring (bicyclic) bond motifs is 1. The minimum Gasteiger partial charge on any atom is -0.359 e. The highest BCUT2D eigenvalue weighted by atomic mass is 35.5. The minimum absolute atomic E-state index is 0.449. The molecular weight excluding hydrogens is 320 g/mol. The van der Waals surface area contributed by atoms with Gasteiger partial charge in [-0.15, -0.1) is 0 Å². The molecule has 3 nitrogen and oxygen atoms in total. The Morgan fingerprint density at radius 1 is 1.17 bits per heavy atom. The van der Waals surface area contributed by atoms with Gasteiger partial charge in [0.05, 0.1) is 6.54 Å². The molecule has 3 aromatic rings. The largest absolute Gasteiger partial charge is 0.359 e. The van der Waals surface area contributed by atoms with Crippen molar-refractivity contribution in [2.24, 2.45) is 0 Å².